The Kier molecular flexibility index (Phi) is 8.64. The van der Waals surface area contributed by atoms with Crippen LogP contribution in [0.5, 0.6) is 0 Å². The zero-order valence-corrected chi connectivity index (χ0v) is 12.5. The summed E-state index contributed by atoms with van der Waals surface area (Å²) in [6.07, 6.45) is 7.96. The van der Waals surface area contributed by atoms with Crippen molar-refractivity contribution >= 4 is 0 Å². The molecule has 18 heavy (non-hydrogen) atoms. The average molecular weight is 257 g/mol. The Morgan fingerprint density at radius 2 is 1.61 bits per heavy atom. The number of rotatable bonds is 9. The van der Waals surface area contributed by atoms with Crippen LogP contribution in [0.15, 0.2) is 0 Å². The molecule has 1 rings (SSSR count). The highest BCUT2D eigenvalue weighted by atomic mass is 16.7. The maximum atomic E-state index is 5.62. The maximum Gasteiger partial charge on any atom is 0.158 e. The van der Waals surface area contributed by atoms with E-state index in [1.54, 1.807) is 0 Å². The van der Waals surface area contributed by atoms with Crippen molar-refractivity contribution in [3.8, 4) is 0 Å². The molecule has 0 unspecified atom stereocenters. The summed E-state index contributed by atoms with van der Waals surface area (Å²) >= 11 is 0. The summed E-state index contributed by atoms with van der Waals surface area (Å²) < 4.78 is 11.2. The summed E-state index contributed by atoms with van der Waals surface area (Å²) in [6, 6.07) is 0.799. The lowest BCUT2D eigenvalue weighted by Crippen LogP contribution is -2.39. The number of nitrogens with zero attached hydrogens (tertiary/aromatic N) is 1. The summed E-state index contributed by atoms with van der Waals surface area (Å²) in [7, 11) is 0. The fourth-order valence-electron chi connectivity index (χ4n) is 2.90. The predicted octanol–water partition coefficient (Wildman–Crippen LogP) is 3.43. The van der Waals surface area contributed by atoms with Crippen LogP contribution in [0.25, 0.3) is 0 Å². The molecule has 0 bridgehead atoms. The Bertz CT molecular complexity index is 187. The van der Waals surface area contributed by atoms with Gasteiger partial charge in [0, 0.05) is 32.2 Å². The zero-order chi connectivity index (χ0) is 13.2. The van der Waals surface area contributed by atoms with Crippen LogP contribution in [0.4, 0.5) is 0 Å². The summed E-state index contributed by atoms with van der Waals surface area (Å²) in [5, 5.41) is 0. The van der Waals surface area contributed by atoms with Crippen molar-refractivity contribution in [1.82, 2.24) is 4.90 Å². The first-order valence-corrected chi connectivity index (χ1v) is 7.79. The van der Waals surface area contributed by atoms with Gasteiger partial charge < -0.3 is 14.4 Å². The van der Waals surface area contributed by atoms with E-state index in [0.29, 0.717) is 0 Å². The molecule has 0 aromatic carbocycles. The van der Waals surface area contributed by atoms with Gasteiger partial charge in [-0.1, -0.05) is 26.2 Å². The van der Waals surface area contributed by atoms with Gasteiger partial charge in [-0.25, -0.2) is 0 Å². The monoisotopic (exact) mass is 257 g/mol. The standard InChI is InChI=1S/C15H31NO2/c1-4-16(14-10-8-7-9-11-14)13-12-15(17-5-2)18-6-3/h14-15H,4-13H2,1-3H3. The van der Waals surface area contributed by atoms with Crippen molar-refractivity contribution in [3.63, 3.8) is 0 Å². The maximum absolute atomic E-state index is 5.62. The summed E-state index contributed by atoms with van der Waals surface area (Å²) in [4.78, 5) is 2.62. The Hall–Kier alpha value is -0.120. The van der Waals surface area contributed by atoms with E-state index in [1.165, 1.54) is 32.1 Å². The van der Waals surface area contributed by atoms with E-state index in [0.717, 1.165) is 38.8 Å². The van der Waals surface area contributed by atoms with E-state index in [2.05, 4.69) is 11.8 Å². The molecule has 3 heteroatoms. The van der Waals surface area contributed by atoms with Gasteiger partial charge in [-0.3, -0.25) is 0 Å². The molecule has 0 heterocycles. The highest BCUT2D eigenvalue weighted by Crippen LogP contribution is 2.22. The van der Waals surface area contributed by atoms with E-state index in [9.17, 15) is 0 Å². The molecule has 0 N–H and O–H groups in total. The number of hydrogen-bond donors (Lipinski definition) is 0. The van der Waals surface area contributed by atoms with Crippen molar-refractivity contribution < 1.29 is 9.47 Å². The van der Waals surface area contributed by atoms with Gasteiger partial charge in [0.1, 0.15) is 0 Å². The second-order valence-corrected chi connectivity index (χ2v) is 5.05. The molecule has 0 radical (unpaired) electrons. The largest absolute Gasteiger partial charge is 0.353 e. The van der Waals surface area contributed by atoms with Gasteiger partial charge in [-0.2, -0.15) is 0 Å². The summed E-state index contributed by atoms with van der Waals surface area (Å²) in [5.41, 5.74) is 0. The van der Waals surface area contributed by atoms with E-state index in [1.807, 2.05) is 13.8 Å². The van der Waals surface area contributed by atoms with Gasteiger partial charge in [-0.15, -0.1) is 0 Å². The Balaban J connectivity index is 2.31. The van der Waals surface area contributed by atoms with Crippen molar-refractivity contribution in [3.05, 3.63) is 0 Å². The molecule has 0 aliphatic heterocycles. The van der Waals surface area contributed by atoms with Gasteiger partial charge in [0.2, 0.25) is 0 Å². The topological polar surface area (TPSA) is 21.7 Å². The van der Waals surface area contributed by atoms with Crippen molar-refractivity contribution in [1.29, 1.82) is 0 Å². The van der Waals surface area contributed by atoms with E-state index < -0.39 is 0 Å². The Morgan fingerprint density at radius 1 is 1.00 bits per heavy atom. The molecule has 1 saturated carbocycles. The first-order valence-electron chi connectivity index (χ1n) is 7.79. The number of ether oxygens (including phenoxy) is 2. The molecule has 0 saturated heterocycles. The molecular formula is C15H31NO2. The minimum Gasteiger partial charge on any atom is -0.353 e. The first-order chi connectivity index (χ1) is 8.81. The fraction of sp³-hybridized carbons (Fsp3) is 1.00. The lowest BCUT2D eigenvalue weighted by molar-refractivity contribution is -0.142. The van der Waals surface area contributed by atoms with Crippen molar-refractivity contribution in [2.75, 3.05) is 26.3 Å². The van der Waals surface area contributed by atoms with Crippen LogP contribution in [0.1, 0.15) is 59.3 Å². The minimum atomic E-state index is -0.0161. The highest BCUT2D eigenvalue weighted by Gasteiger charge is 2.20. The summed E-state index contributed by atoms with van der Waals surface area (Å²) in [5.74, 6) is 0. The normalized spacial score (nSPS) is 17.8. The number of hydrogen-bond acceptors (Lipinski definition) is 3. The second kappa shape index (κ2) is 9.76. The van der Waals surface area contributed by atoms with Gasteiger partial charge in [0.25, 0.3) is 0 Å². The van der Waals surface area contributed by atoms with Crippen LogP contribution in [-0.4, -0.2) is 43.5 Å². The molecule has 1 fully saturated rings. The lowest BCUT2D eigenvalue weighted by Gasteiger charge is -2.34. The molecule has 3 nitrogen and oxygen atoms in total. The molecule has 0 amide bonds. The Labute approximate surface area is 113 Å². The molecule has 0 atom stereocenters. The average Bonchev–Trinajstić information content (AvgIpc) is 2.41. The predicted molar refractivity (Wildman–Crippen MR) is 75.8 cm³/mol. The van der Waals surface area contributed by atoms with Gasteiger partial charge in [0.15, 0.2) is 6.29 Å². The van der Waals surface area contributed by atoms with Crippen molar-refractivity contribution in [2.45, 2.75) is 71.6 Å². The quantitative estimate of drug-likeness (QED) is 0.591. The molecule has 1 aliphatic carbocycles. The smallest absolute Gasteiger partial charge is 0.158 e. The molecule has 0 spiro atoms. The van der Waals surface area contributed by atoms with Crippen molar-refractivity contribution in [2.24, 2.45) is 0 Å². The molecule has 0 aromatic heterocycles. The van der Waals surface area contributed by atoms with Crippen LogP contribution in [0, 0.1) is 0 Å². The summed E-state index contributed by atoms with van der Waals surface area (Å²) in [6.45, 7) is 10.1. The van der Waals surface area contributed by atoms with E-state index in [-0.39, 0.29) is 6.29 Å². The highest BCUT2D eigenvalue weighted by molar-refractivity contribution is 4.75. The molecule has 108 valence electrons. The molecule has 0 aromatic rings. The molecule has 1 aliphatic rings. The first kappa shape index (κ1) is 15.9. The third-order valence-electron chi connectivity index (χ3n) is 3.85. The molecular weight excluding hydrogens is 226 g/mol. The Morgan fingerprint density at radius 3 is 2.11 bits per heavy atom. The van der Waals surface area contributed by atoms with Crippen LogP contribution < -0.4 is 0 Å². The minimum absolute atomic E-state index is 0.0161. The zero-order valence-electron chi connectivity index (χ0n) is 12.5. The fourth-order valence-corrected chi connectivity index (χ4v) is 2.90. The van der Waals surface area contributed by atoms with Gasteiger partial charge >= 0.3 is 0 Å². The van der Waals surface area contributed by atoms with E-state index >= 15 is 0 Å². The third-order valence-corrected chi connectivity index (χ3v) is 3.85. The van der Waals surface area contributed by atoms with Crippen LogP contribution in [0.3, 0.4) is 0 Å². The SMILES string of the molecule is CCOC(CCN(CC)C1CCCCC1)OCC. The van der Waals surface area contributed by atoms with Crippen LogP contribution >= 0.6 is 0 Å². The second-order valence-electron chi connectivity index (χ2n) is 5.05. The van der Waals surface area contributed by atoms with Crippen LogP contribution in [-0.2, 0) is 9.47 Å². The van der Waals surface area contributed by atoms with E-state index in [4.69, 9.17) is 9.47 Å². The van der Waals surface area contributed by atoms with Gasteiger partial charge in [0.05, 0.1) is 0 Å². The van der Waals surface area contributed by atoms with Crippen LogP contribution in [0.2, 0.25) is 0 Å². The third kappa shape index (κ3) is 5.68. The lowest BCUT2D eigenvalue weighted by atomic mass is 9.94. The van der Waals surface area contributed by atoms with Gasteiger partial charge in [-0.05, 0) is 33.2 Å².